The van der Waals surface area contributed by atoms with Crippen LogP contribution in [0.25, 0.3) is 0 Å². The van der Waals surface area contributed by atoms with Crippen molar-refractivity contribution >= 4 is 23.2 Å². The molecule has 1 aliphatic rings. The van der Waals surface area contributed by atoms with E-state index < -0.39 is 0 Å². The summed E-state index contributed by atoms with van der Waals surface area (Å²) in [7, 11) is 0. The van der Waals surface area contributed by atoms with Gasteiger partial charge in [-0.2, -0.15) is 0 Å². The van der Waals surface area contributed by atoms with E-state index in [4.69, 9.17) is 23.2 Å². The van der Waals surface area contributed by atoms with E-state index in [0.29, 0.717) is 11.2 Å². The van der Waals surface area contributed by atoms with Crippen molar-refractivity contribution in [2.75, 3.05) is 6.54 Å². The Kier molecular flexibility index (Phi) is 3.14. The van der Waals surface area contributed by atoms with E-state index in [1.165, 1.54) is 0 Å². The molecule has 0 bridgehead atoms. The molecule has 0 radical (unpaired) electrons. The Bertz CT molecular complexity index is 379. The van der Waals surface area contributed by atoms with E-state index in [1.807, 2.05) is 0 Å². The summed E-state index contributed by atoms with van der Waals surface area (Å²) in [6, 6.07) is 0.518. The Hall–Kier alpha value is -0.380. The second kappa shape index (κ2) is 4.24. The van der Waals surface area contributed by atoms with Gasteiger partial charge in [0.25, 0.3) is 0 Å². The lowest BCUT2D eigenvalue weighted by Crippen LogP contribution is -2.36. The van der Waals surface area contributed by atoms with Crippen LogP contribution in [0.3, 0.4) is 0 Å². The molecule has 2 heterocycles. The monoisotopic (exact) mass is 245 g/mol. The number of halogens is 2. The maximum absolute atomic E-state index is 6.06. The maximum atomic E-state index is 6.06. The first-order valence-corrected chi connectivity index (χ1v) is 5.78. The fourth-order valence-corrected chi connectivity index (χ4v) is 2.29. The molecule has 0 atom stereocenters. The van der Waals surface area contributed by atoms with Crippen LogP contribution in [-0.4, -0.2) is 27.5 Å². The van der Waals surface area contributed by atoms with Crippen molar-refractivity contribution in [3.63, 3.8) is 0 Å². The molecular formula is C10H13Cl2N3. The lowest BCUT2D eigenvalue weighted by molar-refractivity contribution is 0.201. The topological polar surface area (TPSA) is 29.0 Å². The second-order valence-electron chi connectivity index (χ2n) is 4.02. The predicted molar refractivity (Wildman–Crippen MR) is 61.3 cm³/mol. The van der Waals surface area contributed by atoms with Crippen LogP contribution < -0.4 is 0 Å². The smallest absolute Gasteiger partial charge is 0.224 e. The van der Waals surface area contributed by atoms with Crippen LogP contribution >= 0.6 is 23.2 Å². The molecular weight excluding hydrogens is 233 g/mol. The van der Waals surface area contributed by atoms with Gasteiger partial charge in [-0.1, -0.05) is 11.6 Å². The normalized spacial score (nSPS) is 16.9. The largest absolute Gasteiger partial charge is 0.296 e. The second-order valence-corrected chi connectivity index (χ2v) is 4.72. The third-order valence-corrected chi connectivity index (χ3v) is 3.22. The third-order valence-electron chi connectivity index (χ3n) is 2.74. The van der Waals surface area contributed by atoms with Gasteiger partial charge in [-0.15, -0.1) is 0 Å². The van der Waals surface area contributed by atoms with Crippen molar-refractivity contribution in [1.29, 1.82) is 0 Å². The molecule has 82 valence electrons. The Morgan fingerprint density at radius 3 is 2.67 bits per heavy atom. The average Bonchev–Trinajstić information content (AvgIpc) is 2.16. The molecule has 0 saturated heterocycles. The molecule has 1 aromatic heterocycles. The number of hydrogen-bond donors (Lipinski definition) is 0. The van der Waals surface area contributed by atoms with Gasteiger partial charge in [0.05, 0.1) is 5.69 Å². The molecule has 0 saturated carbocycles. The van der Waals surface area contributed by atoms with Gasteiger partial charge >= 0.3 is 0 Å². The van der Waals surface area contributed by atoms with Crippen molar-refractivity contribution in [1.82, 2.24) is 14.9 Å². The molecule has 0 fully saturated rings. The highest BCUT2D eigenvalue weighted by molar-refractivity contribution is 6.32. The van der Waals surface area contributed by atoms with Gasteiger partial charge < -0.3 is 0 Å². The summed E-state index contributed by atoms with van der Waals surface area (Å²) >= 11 is 11.8. The SMILES string of the molecule is CC(C)N1CCc2nc(Cl)nc(Cl)c2C1. The zero-order valence-electron chi connectivity index (χ0n) is 8.80. The van der Waals surface area contributed by atoms with E-state index in [0.717, 1.165) is 30.8 Å². The molecule has 5 heteroatoms. The summed E-state index contributed by atoms with van der Waals surface area (Å²) in [6.07, 6.45) is 0.898. The molecule has 0 aliphatic carbocycles. The van der Waals surface area contributed by atoms with Crippen molar-refractivity contribution < 1.29 is 0 Å². The molecule has 0 spiro atoms. The fraction of sp³-hybridized carbons (Fsp3) is 0.600. The van der Waals surface area contributed by atoms with E-state index in [1.54, 1.807) is 0 Å². The zero-order valence-corrected chi connectivity index (χ0v) is 10.3. The lowest BCUT2D eigenvalue weighted by atomic mass is 10.1. The molecule has 2 rings (SSSR count). The average molecular weight is 246 g/mol. The molecule has 15 heavy (non-hydrogen) atoms. The summed E-state index contributed by atoms with van der Waals surface area (Å²) < 4.78 is 0. The number of nitrogens with zero attached hydrogens (tertiary/aromatic N) is 3. The first-order chi connectivity index (χ1) is 7.08. The maximum Gasteiger partial charge on any atom is 0.224 e. The van der Waals surface area contributed by atoms with Gasteiger partial charge in [0.2, 0.25) is 5.28 Å². The molecule has 1 aromatic rings. The van der Waals surface area contributed by atoms with Gasteiger partial charge in [-0.05, 0) is 25.4 Å². The quantitative estimate of drug-likeness (QED) is 0.563. The zero-order chi connectivity index (χ0) is 11.0. The number of aromatic nitrogens is 2. The minimum absolute atomic E-state index is 0.247. The van der Waals surface area contributed by atoms with Gasteiger partial charge in [0.15, 0.2) is 0 Å². The van der Waals surface area contributed by atoms with Gasteiger partial charge in [0.1, 0.15) is 5.15 Å². The van der Waals surface area contributed by atoms with Crippen molar-refractivity contribution in [3.05, 3.63) is 21.7 Å². The van der Waals surface area contributed by atoms with Crippen LogP contribution in [0.15, 0.2) is 0 Å². The van der Waals surface area contributed by atoms with Crippen LogP contribution in [0.4, 0.5) is 0 Å². The highest BCUT2D eigenvalue weighted by atomic mass is 35.5. The Morgan fingerprint density at radius 1 is 1.27 bits per heavy atom. The first-order valence-electron chi connectivity index (χ1n) is 5.02. The minimum atomic E-state index is 0.247. The lowest BCUT2D eigenvalue weighted by Gasteiger charge is -2.31. The van der Waals surface area contributed by atoms with Crippen LogP contribution in [0.2, 0.25) is 10.4 Å². The van der Waals surface area contributed by atoms with Gasteiger partial charge in [-0.3, -0.25) is 4.90 Å². The van der Waals surface area contributed by atoms with Crippen molar-refractivity contribution in [2.24, 2.45) is 0 Å². The van der Waals surface area contributed by atoms with Crippen LogP contribution in [0.1, 0.15) is 25.1 Å². The third kappa shape index (κ3) is 2.25. The summed E-state index contributed by atoms with van der Waals surface area (Å²) in [5.41, 5.74) is 2.03. The van der Waals surface area contributed by atoms with Gasteiger partial charge in [0, 0.05) is 31.1 Å². The van der Waals surface area contributed by atoms with Crippen LogP contribution in [0, 0.1) is 0 Å². The predicted octanol–water partition coefficient (Wildman–Crippen LogP) is 2.55. The standard InChI is InChI=1S/C10H13Cl2N3/c1-6(2)15-4-3-8-7(5-15)9(11)14-10(12)13-8/h6H,3-5H2,1-2H3. The summed E-state index contributed by atoms with van der Waals surface area (Å²) in [5.74, 6) is 0. The Balaban J connectivity index is 2.33. The minimum Gasteiger partial charge on any atom is -0.296 e. The molecule has 0 unspecified atom stereocenters. The highest BCUT2D eigenvalue weighted by Gasteiger charge is 2.22. The van der Waals surface area contributed by atoms with Crippen molar-refractivity contribution in [3.8, 4) is 0 Å². The van der Waals surface area contributed by atoms with E-state index in [-0.39, 0.29) is 5.28 Å². The Labute approximate surface area is 99.4 Å². The fourth-order valence-electron chi connectivity index (χ4n) is 1.81. The van der Waals surface area contributed by atoms with Gasteiger partial charge in [-0.25, -0.2) is 9.97 Å². The molecule has 1 aliphatic heterocycles. The molecule has 3 nitrogen and oxygen atoms in total. The van der Waals surface area contributed by atoms with Crippen LogP contribution in [0.5, 0.6) is 0 Å². The van der Waals surface area contributed by atoms with Crippen molar-refractivity contribution in [2.45, 2.75) is 32.9 Å². The molecule has 0 aromatic carbocycles. The Morgan fingerprint density at radius 2 is 2.00 bits per heavy atom. The van der Waals surface area contributed by atoms with E-state index in [9.17, 15) is 0 Å². The molecule has 0 N–H and O–H groups in total. The highest BCUT2D eigenvalue weighted by Crippen LogP contribution is 2.25. The summed E-state index contributed by atoms with van der Waals surface area (Å²) in [4.78, 5) is 10.5. The van der Waals surface area contributed by atoms with Crippen LogP contribution in [-0.2, 0) is 13.0 Å². The number of rotatable bonds is 1. The van der Waals surface area contributed by atoms with E-state index >= 15 is 0 Å². The summed E-state index contributed by atoms with van der Waals surface area (Å²) in [5, 5.41) is 0.743. The number of hydrogen-bond acceptors (Lipinski definition) is 3. The van der Waals surface area contributed by atoms with E-state index in [2.05, 4.69) is 28.7 Å². The molecule has 0 amide bonds. The number of fused-ring (bicyclic) bond motifs is 1. The summed E-state index contributed by atoms with van der Waals surface area (Å²) in [6.45, 7) is 6.18. The first kappa shape index (κ1) is 11.1.